The minimum absolute atomic E-state index is 0.646. The van der Waals surface area contributed by atoms with E-state index in [0.29, 0.717) is 6.04 Å². The minimum atomic E-state index is 0.646. The van der Waals surface area contributed by atoms with Crippen LogP contribution in [0.1, 0.15) is 13.3 Å². The molecule has 0 bridgehead atoms. The summed E-state index contributed by atoms with van der Waals surface area (Å²) in [5, 5.41) is 3.53. The zero-order chi connectivity index (χ0) is 10.5. The Bertz CT molecular complexity index is 293. The van der Waals surface area contributed by atoms with Crippen LogP contribution in [0, 0.1) is 0 Å². The van der Waals surface area contributed by atoms with Crippen molar-refractivity contribution in [1.82, 2.24) is 0 Å². The van der Waals surface area contributed by atoms with E-state index < -0.39 is 0 Å². The Morgan fingerprint density at radius 3 is 2.80 bits per heavy atom. The third kappa shape index (κ3) is 3.06. The smallest absolute Gasteiger partial charge is 0.119 e. The summed E-state index contributed by atoms with van der Waals surface area (Å²) >= 11 is 2.03. The molecule has 1 aromatic carbocycles. The monoisotopic (exact) mass is 223 g/mol. The van der Waals surface area contributed by atoms with E-state index in [1.54, 1.807) is 0 Å². The van der Waals surface area contributed by atoms with E-state index in [1.165, 1.54) is 23.6 Å². The van der Waals surface area contributed by atoms with Crippen LogP contribution in [-0.2, 0) is 0 Å². The molecule has 1 aromatic rings. The number of anilines is 1. The van der Waals surface area contributed by atoms with Gasteiger partial charge in [-0.25, -0.2) is 0 Å². The Kier molecular flexibility index (Phi) is 3.78. The Hall–Kier alpha value is -0.830. The summed E-state index contributed by atoms with van der Waals surface area (Å²) in [6.07, 6.45) is 1.28. The summed E-state index contributed by atoms with van der Waals surface area (Å²) in [5.74, 6) is 3.46. The molecule has 1 atom stereocenters. The van der Waals surface area contributed by atoms with E-state index in [-0.39, 0.29) is 0 Å². The summed E-state index contributed by atoms with van der Waals surface area (Å²) in [6.45, 7) is 2.73. The molecule has 3 heteroatoms. The number of nitrogens with one attached hydrogen (secondary N) is 1. The van der Waals surface area contributed by atoms with Crippen molar-refractivity contribution in [3.63, 3.8) is 0 Å². The molecule has 1 fully saturated rings. The van der Waals surface area contributed by atoms with Crippen molar-refractivity contribution in [1.29, 1.82) is 0 Å². The van der Waals surface area contributed by atoms with Crippen molar-refractivity contribution in [3.8, 4) is 5.75 Å². The van der Waals surface area contributed by atoms with Crippen LogP contribution in [0.4, 0.5) is 5.69 Å². The van der Waals surface area contributed by atoms with Crippen LogP contribution in [0.15, 0.2) is 24.3 Å². The standard InChI is InChI=1S/C12H17NOS/c1-2-14-12-5-3-10(4-6-12)13-11-7-8-15-9-11/h3-6,11,13H,2,7-9H2,1H3/t11-/m0/s1. The molecule has 1 aliphatic heterocycles. The Morgan fingerprint density at radius 2 is 2.20 bits per heavy atom. The Labute approximate surface area is 95.4 Å². The van der Waals surface area contributed by atoms with Gasteiger partial charge in [-0.15, -0.1) is 0 Å². The zero-order valence-electron chi connectivity index (χ0n) is 9.03. The summed E-state index contributed by atoms with van der Waals surface area (Å²) in [6, 6.07) is 8.87. The molecule has 1 aliphatic rings. The van der Waals surface area contributed by atoms with Crippen LogP contribution in [0.3, 0.4) is 0 Å². The molecule has 2 rings (SSSR count). The van der Waals surface area contributed by atoms with Gasteiger partial charge in [-0.3, -0.25) is 0 Å². The van der Waals surface area contributed by atoms with Gasteiger partial charge in [-0.2, -0.15) is 11.8 Å². The van der Waals surface area contributed by atoms with Crippen LogP contribution < -0.4 is 10.1 Å². The predicted molar refractivity (Wildman–Crippen MR) is 67.0 cm³/mol. The Balaban J connectivity index is 1.91. The average Bonchev–Trinajstić information content (AvgIpc) is 2.74. The van der Waals surface area contributed by atoms with E-state index in [2.05, 4.69) is 17.4 Å². The van der Waals surface area contributed by atoms with E-state index >= 15 is 0 Å². The number of hydrogen-bond acceptors (Lipinski definition) is 3. The predicted octanol–water partition coefficient (Wildman–Crippen LogP) is 3.00. The van der Waals surface area contributed by atoms with E-state index in [0.717, 1.165) is 12.4 Å². The highest BCUT2D eigenvalue weighted by Gasteiger charge is 2.14. The van der Waals surface area contributed by atoms with Gasteiger partial charge in [-0.05, 0) is 43.4 Å². The molecule has 82 valence electrons. The number of rotatable bonds is 4. The van der Waals surface area contributed by atoms with Gasteiger partial charge < -0.3 is 10.1 Å². The highest BCUT2D eigenvalue weighted by Crippen LogP contribution is 2.22. The largest absolute Gasteiger partial charge is 0.494 e. The molecular formula is C12H17NOS. The van der Waals surface area contributed by atoms with Crippen LogP contribution >= 0.6 is 11.8 Å². The molecule has 2 nitrogen and oxygen atoms in total. The van der Waals surface area contributed by atoms with Crippen molar-refractivity contribution >= 4 is 17.4 Å². The van der Waals surface area contributed by atoms with E-state index in [9.17, 15) is 0 Å². The topological polar surface area (TPSA) is 21.3 Å². The molecule has 0 radical (unpaired) electrons. The number of ether oxygens (including phenoxy) is 1. The second kappa shape index (κ2) is 5.31. The van der Waals surface area contributed by atoms with Crippen molar-refractivity contribution in [2.24, 2.45) is 0 Å². The molecule has 1 heterocycles. The first kappa shape index (κ1) is 10.7. The molecule has 1 saturated heterocycles. The SMILES string of the molecule is CCOc1ccc(N[C@H]2CCSC2)cc1. The molecule has 0 saturated carbocycles. The minimum Gasteiger partial charge on any atom is -0.494 e. The van der Waals surface area contributed by atoms with Gasteiger partial charge in [0.15, 0.2) is 0 Å². The molecule has 0 aromatic heterocycles. The van der Waals surface area contributed by atoms with Gasteiger partial charge in [0.05, 0.1) is 6.61 Å². The quantitative estimate of drug-likeness (QED) is 0.848. The van der Waals surface area contributed by atoms with Crippen molar-refractivity contribution in [2.75, 3.05) is 23.4 Å². The lowest BCUT2D eigenvalue weighted by molar-refractivity contribution is 0.340. The lowest BCUT2D eigenvalue weighted by Gasteiger charge is -2.13. The van der Waals surface area contributed by atoms with Crippen LogP contribution in [0.25, 0.3) is 0 Å². The summed E-state index contributed by atoms with van der Waals surface area (Å²) in [5.41, 5.74) is 1.20. The maximum absolute atomic E-state index is 5.40. The van der Waals surface area contributed by atoms with Gasteiger partial charge in [0.2, 0.25) is 0 Å². The summed E-state index contributed by atoms with van der Waals surface area (Å²) < 4.78 is 5.40. The molecule has 0 unspecified atom stereocenters. The molecule has 0 aliphatic carbocycles. The van der Waals surface area contributed by atoms with E-state index in [1.807, 2.05) is 30.8 Å². The number of hydrogen-bond donors (Lipinski definition) is 1. The number of benzene rings is 1. The second-order valence-corrected chi connectivity index (χ2v) is 4.81. The lowest BCUT2D eigenvalue weighted by atomic mass is 10.2. The third-order valence-electron chi connectivity index (χ3n) is 2.47. The van der Waals surface area contributed by atoms with Crippen LogP contribution in [-0.4, -0.2) is 24.2 Å². The fourth-order valence-electron chi connectivity index (χ4n) is 1.70. The van der Waals surface area contributed by atoms with Gasteiger partial charge in [0.1, 0.15) is 5.75 Å². The summed E-state index contributed by atoms with van der Waals surface area (Å²) in [7, 11) is 0. The normalized spacial score (nSPS) is 20.2. The highest BCUT2D eigenvalue weighted by atomic mass is 32.2. The van der Waals surface area contributed by atoms with Gasteiger partial charge in [0, 0.05) is 17.5 Å². The van der Waals surface area contributed by atoms with Crippen molar-refractivity contribution < 1.29 is 4.74 Å². The molecular weight excluding hydrogens is 206 g/mol. The fraction of sp³-hybridized carbons (Fsp3) is 0.500. The van der Waals surface area contributed by atoms with Crippen molar-refractivity contribution in [3.05, 3.63) is 24.3 Å². The third-order valence-corrected chi connectivity index (χ3v) is 3.63. The van der Waals surface area contributed by atoms with Crippen molar-refractivity contribution in [2.45, 2.75) is 19.4 Å². The first-order valence-electron chi connectivity index (χ1n) is 5.45. The maximum Gasteiger partial charge on any atom is 0.119 e. The fourth-order valence-corrected chi connectivity index (χ4v) is 2.85. The van der Waals surface area contributed by atoms with Crippen LogP contribution in [0.2, 0.25) is 0 Å². The zero-order valence-corrected chi connectivity index (χ0v) is 9.85. The summed E-state index contributed by atoms with van der Waals surface area (Å²) in [4.78, 5) is 0. The Morgan fingerprint density at radius 1 is 1.40 bits per heavy atom. The maximum atomic E-state index is 5.40. The highest BCUT2D eigenvalue weighted by molar-refractivity contribution is 7.99. The van der Waals surface area contributed by atoms with Gasteiger partial charge in [-0.1, -0.05) is 0 Å². The molecule has 15 heavy (non-hydrogen) atoms. The second-order valence-electron chi connectivity index (χ2n) is 3.66. The lowest BCUT2D eigenvalue weighted by Crippen LogP contribution is -2.17. The van der Waals surface area contributed by atoms with Crippen LogP contribution in [0.5, 0.6) is 5.75 Å². The number of thioether (sulfide) groups is 1. The van der Waals surface area contributed by atoms with Gasteiger partial charge in [0.25, 0.3) is 0 Å². The van der Waals surface area contributed by atoms with Gasteiger partial charge >= 0.3 is 0 Å². The molecule has 0 amide bonds. The molecule has 1 N–H and O–H groups in total. The molecule has 0 spiro atoms. The first-order valence-corrected chi connectivity index (χ1v) is 6.61. The van der Waals surface area contributed by atoms with E-state index in [4.69, 9.17) is 4.74 Å². The average molecular weight is 223 g/mol. The first-order chi connectivity index (χ1) is 7.38.